The highest BCUT2D eigenvalue weighted by molar-refractivity contribution is 5.91. The van der Waals surface area contributed by atoms with Gasteiger partial charge in [-0.05, 0) is 58.8 Å². The molecule has 0 unspecified atom stereocenters. The number of halogens is 1. The van der Waals surface area contributed by atoms with Crippen molar-refractivity contribution in [3.8, 4) is 34.5 Å². The topological polar surface area (TPSA) is 70.8 Å². The minimum atomic E-state index is -0.318. The van der Waals surface area contributed by atoms with Gasteiger partial charge >= 0.3 is 0 Å². The number of fused-ring (bicyclic) bond motifs is 6. The number of hydrogen-bond donors (Lipinski definition) is 0. The Kier molecular flexibility index (Phi) is 5.00. The van der Waals surface area contributed by atoms with Crippen LogP contribution in [0.25, 0.3) is 27.8 Å². The van der Waals surface area contributed by atoms with Gasteiger partial charge in [-0.1, -0.05) is 36.4 Å². The van der Waals surface area contributed by atoms with E-state index in [1.807, 2.05) is 42.5 Å². The van der Waals surface area contributed by atoms with Crippen molar-refractivity contribution in [1.82, 2.24) is 19.6 Å². The van der Waals surface area contributed by atoms with E-state index in [1.54, 1.807) is 37.2 Å². The molecule has 1 atom stereocenters. The third-order valence-corrected chi connectivity index (χ3v) is 6.94. The first-order valence-corrected chi connectivity index (χ1v) is 12.1. The Labute approximate surface area is 217 Å². The maximum atomic E-state index is 13.6. The van der Waals surface area contributed by atoms with Crippen LogP contribution < -0.4 is 14.2 Å². The second-order valence-corrected chi connectivity index (χ2v) is 9.02. The summed E-state index contributed by atoms with van der Waals surface area (Å²) in [4.78, 5) is 9.51. The molecule has 4 aromatic carbocycles. The van der Waals surface area contributed by atoms with Crippen molar-refractivity contribution < 1.29 is 18.6 Å². The van der Waals surface area contributed by atoms with E-state index in [0.717, 1.165) is 33.2 Å². The van der Waals surface area contributed by atoms with Crippen LogP contribution in [0.3, 0.4) is 0 Å². The van der Waals surface area contributed by atoms with Crippen molar-refractivity contribution in [1.29, 1.82) is 0 Å². The molecular formula is C30H21FN4O3. The smallest absolute Gasteiger partial charge is 0.228 e. The predicted molar refractivity (Wildman–Crippen MR) is 141 cm³/mol. The third-order valence-electron chi connectivity index (χ3n) is 6.94. The minimum Gasteiger partial charge on any atom is -0.493 e. The number of rotatable bonds is 4. The Morgan fingerprint density at radius 1 is 0.868 bits per heavy atom. The van der Waals surface area contributed by atoms with E-state index in [0.29, 0.717) is 34.4 Å². The SMILES string of the molecule is COc1ccc([C@@H]2c3c(ccc4ccccc34)Oc3ncn4nc(-c5ccc(F)cc5)nc4c32)cc1OC. The summed E-state index contributed by atoms with van der Waals surface area (Å²) < 4.78 is 32.7. The first-order valence-electron chi connectivity index (χ1n) is 12.1. The van der Waals surface area contributed by atoms with Crippen LogP contribution >= 0.6 is 0 Å². The number of methoxy groups -OCH3 is 2. The van der Waals surface area contributed by atoms with Crippen molar-refractivity contribution in [2.75, 3.05) is 14.2 Å². The second-order valence-electron chi connectivity index (χ2n) is 9.02. The molecule has 186 valence electrons. The molecule has 0 amide bonds. The summed E-state index contributed by atoms with van der Waals surface area (Å²) in [7, 11) is 3.24. The van der Waals surface area contributed by atoms with Gasteiger partial charge in [0, 0.05) is 17.0 Å². The first kappa shape index (κ1) is 22.2. The zero-order chi connectivity index (χ0) is 25.8. The molecule has 7 nitrogen and oxygen atoms in total. The molecule has 1 aliphatic heterocycles. The Morgan fingerprint density at radius 2 is 1.68 bits per heavy atom. The van der Waals surface area contributed by atoms with Crippen molar-refractivity contribution >= 4 is 16.4 Å². The van der Waals surface area contributed by atoms with E-state index < -0.39 is 0 Å². The molecule has 0 bridgehead atoms. The molecule has 38 heavy (non-hydrogen) atoms. The van der Waals surface area contributed by atoms with Crippen LogP contribution in [-0.4, -0.2) is 33.8 Å². The second kappa shape index (κ2) is 8.55. The van der Waals surface area contributed by atoms with E-state index in [9.17, 15) is 4.39 Å². The minimum absolute atomic E-state index is 0.291. The summed E-state index contributed by atoms with van der Waals surface area (Å²) in [6.07, 6.45) is 1.59. The molecule has 2 aromatic heterocycles. The summed E-state index contributed by atoms with van der Waals surface area (Å²) >= 11 is 0. The Balaban J connectivity index is 1.53. The lowest BCUT2D eigenvalue weighted by molar-refractivity contribution is 0.354. The summed E-state index contributed by atoms with van der Waals surface area (Å²) in [5, 5.41) is 6.81. The fraction of sp³-hybridized carbons (Fsp3) is 0.100. The van der Waals surface area contributed by atoms with Gasteiger partial charge in [0.05, 0.1) is 19.8 Å². The van der Waals surface area contributed by atoms with Gasteiger partial charge in [-0.15, -0.1) is 5.10 Å². The van der Waals surface area contributed by atoms with Gasteiger partial charge in [-0.25, -0.2) is 18.9 Å². The molecule has 0 fully saturated rings. The molecule has 0 radical (unpaired) electrons. The van der Waals surface area contributed by atoms with Crippen molar-refractivity contribution in [3.63, 3.8) is 0 Å². The van der Waals surface area contributed by atoms with Crippen LogP contribution in [0.4, 0.5) is 4.39 Å². The van der Waals surface area contributed by atoms with E-state index >= 15 is 0 Å². The Morgan fingerprint density at radius 3 is 2.50 bits per heavy atom. The maximum absolute atomic E-state index is 13.6. The van der Waals surface area contributed by atoms with Crippen LogP contribution in [-0.2, 0) is 0 Å². The summed E-state index contributed by atoms with van der Waals surface area (Å²) in [6, 6.07) is 24.3. The van der Waals surface area contributed by atoms with Gasteiger partial charge in [-0.3, -0.25) is 0 Å². The van der Waals surface area contributed by atoms with Crippen LogP contribution in [0, 0.1) is 5.82 Å². The largest absolute Gasteiger partial charge is 0.493 e. The van der Waals surface area contributed by atoms with Crippen LogP contribution in [0.15, 0.2) is 85.2 Å². The summed E-state index contributed by atoms with van der Waals surface area (Å²) in [5.41, 5.74) is 4.06. The van der Waals surface area contributed by atoms with E-state index in [1.165, 1.54) is 12.1 Å². The predicted octanol–water partition coefficient (Wildman–Crippen LogP) is 6.39. The zero-order valence-corrected chi connectivity index (χ0v) is 20.6. The van der Waals surface area contributed by atoms with E-state index in [-0.39, 0.29) is 11.7 Å². The number of hydrogen-bond acceptors (Lipinski definition) is 6. The lowest BCUT2D eigenvalue weighted by Gasteiger charge is -2.29. The van der Waals surface area contributed by atoms with E-state index in [2.05, 4.69) is 22.2 Å². The lowest BCUT2D eigenvalue weighted by atomic mass is 9.81. The summed E-state index contributed by atoms with van der Waals surface area (Å²) in [6.45, 7) is 0. The van der Waals surface area contributed by atoms with Crippen molar-refractivity contribution in [2.24, 2.45) is 0 Å². The monoisotopic (exact) mass is 504 g/mol. The third kappa shape index (κ3) is 3.37. The number of ether oxygens (including phenoxy) is 3. The van der Waals surface area contributed by atoms with Crippen LogP contribution in [0.2, 0.25) is 0 Å². The molecule has 7 rings (SSSR count). The highest BCUT2D eigenvalue weighted by Crippen LogP contribution is 2.51. The summed E-state index contributed by atoms with van der Waals surface area (Å²) in [5.74, 6) is 2.30. The fourth-order valence-corrected chi connectivity index (χ4v) is 5.19. The van der Waals surface area contributed by atoms with Crippen molar-refractivity contribution in [3.05, 3.63) is 108 Å². The normalized spacial score (nSPS) is 14.1. The molecule has 0 N–H and O–H groups in total. The van der Waals surface area contributed by atoms with Gasteiger partial charge in [-0.2, -0.15) is 0 Å². The molecule has 3 heterocycles. The maximum Gasteiger partial charge on any atom is 0.228 e. The lowest BCUT2D eigenvalue weighted by Crippen LogP contribution is -2.15. The Bertz CT molecular complexity index is 1850. The number of benzene rings is 4. The molecule has 0 spiro atoms. The van der Waals surface area contributed by atoms with Gasteiger partial charge < -0.3 is 14.2 Å². The average molecular weight is 505 g/mol. The molecule has 0 saturated heterocycles. The quantitative estimate of drug-likeness (QED) is 0.277. The van der Waals surface area contributed by atoms with E-state index in [4.69, 9.17) is 19.2 Å². The molecule has 8 heteroatoms. The molecule has 6 aromatic rings. The van der Waals surface area contributed by atoms with Crippen molar-refractivity contribution in [2.45, 2.75) is 5.92 Å². The number of aromatic nitrogens is 4. The van der Waals surface area contributed by atoms with Crippen LogP contribution in [0.1, 0.15) is 22.6 Å². The Hall–Kier alpha value is -4.98. The van der Waals surface area contributed by atoms with Crippen LogP contribution in [0.5, 0.6) is 23.1 Å². The van der Waals surface area contributed by atoms with Gasteiger partial charge in [0.15, 0.2) is 23.0 Å². The molecule has 0 aliphatic carbocycles. The van der Waals surface area contributed by atoms with Gasteiger partial charge in [0.1, 0.15) is 17.9 Å². The molecular weight excluding hydrogens is 483 g/mol. The van der Waals surface area contributed by atoms with Gasteiger partial charge in [0.25, 0.3) is 0 Å². The fourth-order valence-electron chi connectivity index (χ4n) is 5.19. The van der Waals surface area contributed by atoms with Gasteiger partial charge in [0.2, 0.25) is 5.88 Å². The zero-order valence-electron chi connectivity index (χ0n) is 20.6. The molecule has 1 aliphatic rings. The highest BCUT2D eigenvalue weighted by atomic mass is 19.1. The molecule has 0 saturated carbocycles. The number of nitrogens with zero attached hydrogens (tertiary/aromatic N) is 4. The average Bonchev–Trinajstić information content (AvgIpc) is 3.40. The highest BCUT2D eigenvalue weighted by Gasteiger charge is 2.35. The standard InChI is InChI=1S/C30H21FN4O3/c1-36-22-13-10-19(15-24(22)37-2)25-26-21-6-4-3-5-17(21)9-14-23(26)38-30-27(25)29-33-28(34-35(29)16-32-30)18-7-11-20(31)12-8-18/h3-16,25H,1-2H3/t25-/m1/s1. The first-order chi connectivity index (χ1) is 18.6.